The summed E-state index contributed by atoms with van der Waals surface area (Å²) in [6, 6.07) is 16.8. The van der Waals surface area contributed by atoms with Crippen LogP contribution in [-0.2, 0) is 6.42 Å². The maximum atomic E-state index is 6.61. The summed E-state index contributed by atoms with van der Waals surface area (Å²) in [6.45, 7) is 2.90. The molecule has 4 rings (SSSR count). The van der Waals surface area contributed by atoms with Crippen LogP contribution in [0.5, 0.6) is 0 Å². The lowest BCUT2D eigenvalue weighted by molar-refractivity contribution is 0.657. The van der Waals surface area contributed by atoms with Crippen LogP contribution in [0.2, 0.25) is 5.02 Å². The van der Waals surface area contributed by atoms with Crippen molar-refractivity contribution in [3.63, 3.8) is 0 Å². The van der Waals surface area contributed by atoms with Gasteiger partial charge in [0.25, 0.3) is 0 Å². The van der Waals surface area contributed by atoms with E-state index < -0.39 is 0 Å². The van der Waals surface area contributed by atoms with Crippen molar-refractivity contribution in [2.45, 2.75) is 32.2 Å². The molecule has 0 aliphatic carbocycles. The van der Waals surface area contributed by atoms with Gasteiger partial charge in [0.2, 0.25) is 0 Å². The first-order valence-corrected chi connectivity index (χ1v) is 9.36. The molecule has 2 aromatic heterocycles. The number of rotatable bonds is 4. The van der Waals surface area contributed by atoms with Gasteiger partial charge in [-0.2, -0.15) is 0 Å². The van der Waals surface area contributed by atoms with Crippen molar-refractivity contribution in [1.82, 2.24) is 15.0 Å². The van der Waals surface area contributed by atoms with E-state index in [0.29, 0.717) is 16.9 Å². The minimum Gasteiger partial charge on any atom is -0.352 e. The average Bonchev–Trinajstić information content (AvgIpc) is 3.13. The van der Waals surface area contributed by atoms with Crippen LogP contribution in [0.15, 0.2) is 54.7 Å². The van der Waals surface area contributed by atoms with E-state index in [-0.39, 0.29) is 0 Å². The van der Waals surface area contributed by atoms with Crippen molar-refractivity contribution >= 4 is 17.4 Å². The number of pyridine rings is 1. The number of anilines is 1. The lowest BCUT2D eigenvalue weighted by Crippen LogP contribution is -2.32. The molecule has 1 aromatic carbocycles. The zero-order valence-corrected chi connectivity index (χ0v) is 15.5. The van der Waals surface area contributed by atoms with E-state index >= 15 is 0 Å². The number of hydrogen-bond acceptors (Lipinski definition) is 4. The Morgan fingerprint density at radius 2 is 1.88 bits per heavy atom. The van der Waals surface area contributed by atoms with E-state index in [2.05, 4.69) is 45.2 Å². The molecule has 0 saturated carbocycles. The highest BCUT2D eigenvalue weighted by Crippen LogP contribution is 2.34. The van der Waals surface area contributed by atoms with Gasteiger partial charge in [-0.25, -0.2) is 9.97 Å². The molecule has 3 aromatic rings. The number of aromatic nitrogens is 3. The van der Waals surface area contributed by atoms with Gasteiger partial charge in [-0.15, -0.1) is 0 Å². The van der Waals surface area contributed by atoms with Crippen molar-refractivity contribution in [2.75, 3.05) is 11.4 Å². The Bertz CT molecular complexity index is 883. The second kappa shape index (κ2) is 7.42. The molecule has 0 spiro atoms. The highest BCUT2D eigenvalue weighted by molar-refractivity contribution is 6.33. The zero-order chi connectivity index (χ0) is 17.9. The first-order valence-electron chi connectivity index (χ1n) is 8.98. The van der Waals surface area contributed by atoms with Gasteiger partial charge in [-0.3, -0.25) is 4.98 Å². The molecule has 1 saturated heterocycles. The van der Waals surface area contributed by atoms with Crippen molar-refractivity contribution in [1.29, 1.82) is 0 Å². The van der Waals surface area contributed by atoms with Crippen molar-refractivity contribution in [3.05, 3.63) is 71.0 Å². The van der Waals surface area contributed by atoms with Crippen LogP contribution < -0.4 is 4.90 Å². The molecular formula is C21H21ClN4. The highest BCUT2D eigenvalue weighted by atomic mass is 35.5. The second-order valence-electron chi connectivity index (χ2n) is 6.66. The monoisotopic (exact) mass is 364 g/mol. The second-order valence-corrected chi connectivity index (χ2v) is 7.04. The summed E-state index contributed by atoms with van der Waals surface area (Å²) in [6.07, 6.45) is 5.05. The number of aryl methyl sites for hydroxylation is 1. The van der Waals surface area contributed by atoms with Gasteiger partial charge >= 0.3 is 0 Å². The molecule has 0 amide bonds. The van der Waals surface area contributed by atoms with Gasteiger partial charge in [0, 0.05) is 18.8 Å². The Morgan fingerprint density at radius 1 is 1.08 bits per heavy atom. The lowest BCUT2D eigenvalue weighted by Gasteiger charge is -2.27. The maximum Gasteiger partial charge on any atom is 0.180 e. The molecule has 0 radical (unpaired) electrons. The minimum atomic E-state index is 0.404. The van der Waals surface area contributed by atoms with Crippen molar-refractivity contribution in [2.24, 2.45) is 0 Å². The van der Waals surface area contributed by atoms with Crippen LogP contribution in [0, 0.1) is 6.92 Å². The van der Waals surface area contributed by atoms with E-state index in [0.717, 1.165) is 43.0 Å². The van der Waals surface area contributed by atoms with Crippen molar-refractivity contribution in [3.8, 4) is 11.5 Å². The van der Waals surface area contributed by atoms with Gasteiger partial charge in [0.05, 0.1) is 5.69 Å². The van der Waals surface area contributed by atoms with Crippen LogP contribution in [0.25, 0.3) is 11.5 Å². The zero-order valence-electron chi connectivity index (χ0n) is 14.8. The molecule has 0 N–H and O–H groups in total. The van der Waals surface area contributed by atoms with Gasteiger partial charge < -0.3 is 4.90 Å². The Hall–Kier alpha value is -2.46. The fraction of sp³-hybridized carbons (Fsp3) is 0.286. The molecule has 1 aliphatic heterocycles. The minimum absolute atomic E-state index is 0.404. The quantitative estimate of drug-likeness (QED) is 0.672. The van der Waals surface area contributed by atoms with E-state index in [4.69, 9.17) is 16.6 Å². The molecule has 132 valence electrons. The van der Waals surface area contributed by atoms with E-state index in [1.54, 1.807) is 6.20 Å². The number of hydrogen-bond donors (Lipinski definition) is 0. The number of benzene rings is 1. The molecule has 1 fully saturated rings. The molecule has 3 heterocycles. The molecular weight excluding hydrogens is 344 g/mol. The third kappa shape index (κ3) is 3.42. The highest BCUT2D eigenvalue weighted by Gasteiger charge is 2.29. The summed E-state index contributed by atoms with van der Waals surface area (Å²) in [5.41, 5.74) is 2.91. The predicted octanol–water partition coefficient (Wildman–Crippen LogP) is 4.71. The number of nitrogens with zero attached hydrogens (tertiary/aromatic N) is 4. The largest absolute Gasteiger partial charge is 0.352 e. The van der Waals surface area contributed by atoms with Crippen LogP contribution in [-0.4, -0.2) is 27.5 Å². The van der Waals surface area contributed by atoms with Crippen LogP contribution in [0.3, 0.4) is 0 Å². The molecule has 1 aliphatic rings. The van der Waals surface area contributed by atoms with Gasteiger partial charge in [0.1, 0.15) is 10.7 Å². The summed E-state index contributed by atoms with van der Waals surface area (Å²) in [5.74, 6) is 1.46. The molecule has 1 unspecified atom stereocenters. The van der Waals surface area contributed by atoms with Gasteiger partial charge in [0.15, 0.2) is 11.6 Å². The summed E-state index contributed by atoms with van der Waals surface area (Å²) < 4.78 is 0. The van der Waals surface area contributed by atoms with Gasteiger partial charge in [-0.1, -0.05) is 48.0 Å². The normalized spacial score (nSPS) is 16.8. The Morgan fingerprint density at radius 3 is 2.65 bits per heavy atom. The molecule has 4 nitrogen and oxygen atoms in total. The van der Waals surface area contributed by atoms with Gasteiger partial charge in [-0.05, 0) is 43.9 Å². The summed E-state index contributed by atoms with van der Waals surface area (Å²) in [5, 5.41) is 0.643. The first kappa shape index (κ1) is 17.0. The van der Waals surface area contributed by atoms with Crippen molar-refractivity contribution < 1.29 is 0 Å². The fourth-order valence-corrected chi connectivity index (χ4v) is 3.75. The Labute approximate surface area is 158 Å². The summed E-state index contributed by atoms with van der Waals surface area (Å²) in [7, 11) is 0. The summed E-state index contributed by atoms with van der Waals surface area (Å²) >= 11 is 6.61. The van der Waals surface area contributed by atoms with E-state index in [9.17, 15) is 0 Å². The maximum absolute atomic E-state index is 6.61. The van der Waals surface area contributed by atoms with E-state index in [1.807, 2.05) is 25.1 Å². The topological polar surface area (TPSA) is 41.9 Å². The third-order valence-electron chi connectivity index (χ3n) is 4.86. The van der Waals surface area contributed by atoms with E-state index in [1.165, 1.54) is 5.56 Å². The lowest BCUT2D eigenvalue weighted by atomic mass is 10.0. The predicted molar refractivity (Wildman–Crippen MR) is 106 cm³/mol. The molecule has 1 atom stereocenters. The van der Waals surface area contributed by atoms with Crippen LogP contribution >= 0.6 is 11.6 Å². The Balaban J connectivity index is 1.68. The van der Waals surface area contributed by atoms with Crippen LogP contribution in [0.4, 0.5) is 5.82 Å². The fourth-order valence-electron chi connectivity index (χ4n) is 3.56. The van der Waals surface area contributed by atoms with Crippen LogP contribution in [0.1, 0.15) is 24.1 Å². The smallest absolute Gasteiger partial charge is 0.180 e. The number of halogens is 1. The molecule has 26 heavy (non-hydrogen) atoms. The SMILES string of the molecule is Cc1nc(-c2ccccn2)nc(N2CCCC2Cc2ccccc2)c1Cl. The summed E-state index contributed by atoms with van der Waals surface area (Å²) in [4.78, 5) is 16.1. The molecule has 0 bridgehead atoms. The Kier molecular flexibility index (Phi) is 4.85. The first-order chi connectivity index (χ1) is 12.7. The average molecular weight is 365 g/mol. The third-order valence-corrected chi connectivity index (χ3v) is 5.30. The molecule has 5 heteroatoms. The standard InChI is InChI=1S/C21H21ClN4/c1-15-19(22)21(25-20(24-15)18-11-5-6-12-23-18)26-13-7-10-17(26)14-16-8-3-2-4-9-16/h2-6,8-9,11-12,17H,7,10,13-14H2,1H3.